The Balaban J connectivity index is 2.85. The minimum Gasteiger partial charge on any atom is -0.476 e. The van der Waals surface area contributed by atoms with Gasteiger partial charge in [-0.25, -0.2) is 14.8 Å². The lowest BCUT2D eigenvalue weighted by atomic mass is 10.3. The maximum Gasteiger partial charge on any atom is 0.357 e. The van der Waals surface area contributed by atoms with E-state index in [0.29, 0.717) is 20.6 Å². The summed E-state index contributed by atoms with van der Waals surface area (Å²) < 4.78 is 5.05. The van der Waals surface area contributed by atoms with Crippen molar-refractivity contribution in [3.8, 4) is 0 Å². The molecule has 2 aromatic heterocycles. The predicted molar refractivity (Wildman–Crippen MR) is 54.6 cm³/mol. The molecule has 0 unspecified atom stereocenters. The molecular formula is C7H4BrN3O2S. The lowest BCUT2D eigenvalue weighted by Gasteiger charge is -1.94. The van der Waals surface area contributed by atoms with Gasteiger partial charge in [-0.15, -0.1) is 0 Å². The quantitative estimate of drug-likeness (QED) is 0.803. The van der Waals surface area contributed by atoms with Crippen LogP contribution in [-0.4, -0.2) is 25.4 Å². The summed E-state index contributed by atoms with van der Waals surface area (Å²) in [7, 11) is 0. The predicted octanol–water partition coefficient (Wildman–Crippen LogP) is 1.86. The standard InChI is InChI=1S/C7H4BrN3O2S/c1-2-9-3-4(7(12)13)11-14-5(3)6(8)10-2/h1H3,(H,12,13). The van der Waals surface area contributed by atoms with Crippen molar-refractivity contribution in [2.75, 3.05) is 0 Å². The van der Waals surface area contributed by atoms with E-state index in [9.17, 15) is 4.79 Å². The number of carboxylic acids is 1. The van der Waals surface area contributed by atoms with Gasteiger partial charge in [-0.3, -0.25) is 0 Å². The smallest absolute Gasteiger partial charge is 0.357 e. The summed E-state index contributed by atoms with van der Waals surface area (Å²) in [6.07, 6.45) is 0. The van der Waals surface area contributed by atoms with E-state index in [1.807, 2.05) is 0 Å². The topological polar surface area (TPSA) is 76.0 Å². The van der Waals surface area contributed by atoms with E-state index in [1.165, 1.54) is 0 Å². The molecule has 0 aliphatic heterocycles. The third-order valence-electron chi connectivity index (χ3n) is 1.59. The number of carbonyl (C=O) groups is 1. The number of aryl methyl sites for hydroxylation is 1. The Morgan fingerprint density at radius 3 is 2.86 bits per heavy atom. The molecule has 0 fully saturated rings. The molecule has 5 nitrogen and oxygen atoms in total. The van der Waals surface area contributed by atoms with E-state index in [0.717, 1.165) is 11.5 Å². The molecule has 72 valence electrons. The lowest BCUT2D eigenvalue weighted by Crippen LogP contribution is -1.98. The Hall–Kier alpha value is -1.08. The molecule has 0 aliphatic rings. The van der Waals surface area contributed by atoms with Crippen molar-refractivity contribution in [3.63, 3.8) is 0 Å². The average Bonchev–Trinajstić information content (AvgIpc) is 2.47. The van der Waals surface area contributed by atoms with Crippen LogP contribution in [0.5, 0.6) is 0 Å². The number of fused-ring (bicyclic) bond motifs is 1. The SMILES string of the molecule is Cc1nc(Br)c2snc(C(=O)O)c2n1. The van der Waals surface area contributed by atoms with E-state index in [-0.39, 0.29) is 5.69 Å². The van der Waals surface area contributed by atoms with Crippen LogP contribution >= 0.6 is 27.5 Å². The van der Waals surface area contributed by atoms with Gasteiger partial charge < -0.3 is 5.11 Å². The largest absolute Gasteiger partial charge is 0.476 e. The Bertz CT molecular complexity index is 525. The first kappa shape index (κ1) is 9.47. The number of halogens is 1. The first-order chi connectivity index (χ1) is 6.59. The molecule has 1 N–H and O–H groups in total. The van der Waals surface area contributed by atoms with Crippen molar-refractivity contribution in [2.24, 2.45) is 0 Å². The van der Waals surface area contributed by atoms with Crippen LogP contribution < -0.4 is 0 Å². The van der Waals surface area contributed by atoms with Crippen LogP contribution in [-0.2, 0) is 0 Å². The molecule has 2 heterocycles. The van der Waals surface area contributed by atoms with Crippen molar-refractivity contribution in [2.45, 2.75) is 6.92 Å². The molecule has 0 bridgehead atoms. The van der Waals surface area contributed by atoms with Crippen molar-refractivity contribution < 1.29 is 9.90 Å². The van der Waals surface area contributed by atoms with E-state index in [4.69, 9.17) is 5.11 Å². The van der Waals surface area contributed by atoms with Gasteiger partial charge in [-0.2, -0.15) is 4.37 Å². The molecule has 0 amide bonds. The summed E-state index contributed by atoms with van der Waals surface area (Å²) in [4.78, 5) is 18.9. The molecule has 2 rings (SSSR count). The van der Waals surface area contributed by atoms with Crippen LogP contribution in [0.1, 0.15) is 16.3 Å². The fraction of sp³-hybridized carbons (Fsp3) is 0.143. The average molecular weight is 274 g/mol. The number of aromatic carboxylic acids is 1. The third-order valence-corrected chi connectivity index (χ3v) is 3.27. The molecule has 0 aliphatic carbocycles. The highest BCUT2D eigenvalue weighted by atomic mass is 79.9. The van der Waals surface area contributed by atoms with Gasteiger partial charge in [0.05, 0.1) is 0 Å². The van der Waals surface area contributed by atoms with Gasteiger partial charge in [0, 0.05) is 0 Å². The van der Waals surface area contributed by atoms with Gasteiger partial charge >= 0.3 is 5.97 Å². The second-order valence-corrected chi connectivity index (χ2v) is 4.10. The lowest BCUT2D eigenvalue weighted by molar-refractivity contribution is 0.0694. The fourth-order valence-corrected chi connectivity index (χ4v) is 2.40. The molecule has 2 aromatic rings. The second-order valence-electron chi connectivity index (χ2n) is 2.58. The summed E-state index contributed by atoms with van der Waals surface area (Å²) >= 11 is 4.31. The van der Waals surface area contributed by atoms with E-state index in [2.05, 4.69) is 30.3 Å². The summed E-state index contributed by atoms with van der Waals surface area (Å²) in [5.74, 6) is -0.548. The van der Waals surface area contributed by atoms with Crippen LogP contribution in [0.25, 0.3) is 10.2 Å². The number of carboxylic acid groups (broad SMARTS) is 1. The summed E-state index contributed by atoms with van der Waals surface area (Å²) in [6, 6.07) is 0. The van der Waals surface area contributed by atoms with Crippen molar-refractivity contribution in [1.82, 2.24) is 14.3 Å². The number of hydrogen-bond donors (Lipinski definition) is 1. The number of aromatic nitrogens is 3. The minimum atomic E-state index is -1.07. The van der Waals surface area contributed by atoms with Gasteiger partial charge in [0.1, 0.15) is 20.6 Å². The highest BCUT2D eigenvalue weighted by molar-refractivity contribution is 9.10. The fourth-order valence-electron chi connectivity index (χ4n) is 1.04. The summed E-state index contributed by atoms with van der Waals surface area (Å²) in [5.41, 5.74) is 0.373. The highest BCUT2D eigenvalue weighted by Gasteiger charge is 2.17. The van der Waals surface area contributed by atoms with Gasteiger partial charge in [-0.05, 0) is 34.4 Å². The molecule has 0 saturated carbocycles. The molecule has 0 spiro atoms. The van der Waals surface area contributed by atoms with Crippen LogP contribution in [0, 0.1) is 6.92 Å². The van der Waals surface area contributed by atoms with Gasteiger partial charge in [0.15, 0.2) is 5.69 Å². The molecule has 14 heavy (non-hydrogen) atoms. The van der Waals surface area contributed by atoms with Crippen LogP contribution in [0.2, 0.25) is 0 Å². The van der Waals surface area contributed by atoms with Crippen molar-refractivity contribution >= 4 is 43.6 Å². The second kappa shape index (κ2) is 3.25. The molecule has 0 atom stereocenters. The van der Waals surface area contributed by atoms with Crippen LogP contribution in [0.15, 0.2) is 4.60 Å². The van der Waals surface area contributed by atoms with E-state index < -0.39 is 5.97 Å². The molecule has 0 radical (unpaired) electrons. The minimum absolute atomic E-state index is 0.0174. The Morgan fingerprint density at radius 1 is 1.50 bits per heavy atom. The maximum absolute atomic E-state index is 10.8. The Morgan fingerprint density at radius 2 is 2.21 bits per heavy atom. The van der Waals surface area contributed by atoms with E-state index in [1.54, 1.807) is 6.92 Å². The Kier molecular flexibility index (Phi) is 2.20. The van der Waals surface area contributed by atoms with E-state index >= 15 is 0 Å². The number of nitrogens with zero attached hydrogens (tertiary/aromatic N) is 3. The number of hydrogen-bond acceptors (Lipinski definition) is 5. The highest BCUT2D eigenvalue weighted by Crippen LogP contribution is 2.27. The third kappa shape index (κ3) is 1.38. The zero-order chi connectivity index (χ0) is 10.3. The zero-order valence-corrected chi connectivity index (χ0v) is 9.39. The molecule has 7 heteroatoms. The first-order valence-corrected chi connectivity index (χ1v) is 5.19. The summed E-state index contributed by atoms with van der Waals surface area (Å²) in [5, 5.41) is 8.82. The molecule has 0 aromatic carbocycles. The van der Waals surface area contributed by atoms with Gasteiger partial charge in [0.2, 0.25) is 0 Å². The number of rotatable bonds is 1. The first-order valence-electron chi connectivity index (χ1n) is 3.62. The zero-order valence-electron chi connectivity index (χ0n) is 6.98. The van der Waals surface area contributed by atoms with Gasteiger partial charge in [-0.1, -0.05) is 0 Å². The van der Waals surface area contributed by atoms with Crippen LogP contribution in [0.3, 0.4) is 0 Å². The monoisotopic (exact) mass is 273 g/mol. The summed E-state index contributed by atoms with van der Waals surface area (Å²) in [6.45, 7) is 1.70. The maximum atomic E-state index is 10.8. The van der Waals surface area contributed by atoms with Crippen LogP contribution in [0.4, 0.5) is 0 Å². The van der Waals surface area contributed by atoms with Crippen molar-refractivity contribution in [3.05, 3.63) is 16.1 Å². The molecule has 0 saturated heterocycles. The van der Waals surface area contributed by atoms with Gasteiger partial charge in [0.25, 0.3) is 0 Å². The normalized spacial score (nSPS) is 10.7. The van der Waals surface area contributed by atoms with Crippen molar-refractivity contribution in [1.29, 1.82) is 0 Å². The molecular weight excluding hydrogens is 270 g/mol. The Labute approximate surface area is 91.1 Å².